The summed E-state index contributed by atoms with van der Waals surface area (Å²) in [7, 11) is 0. The van der Waals surface area contributed by atoms with Crippen molar-refractivity contribution < 1.29 is 20.1 Å². The highest BCUT2D eigenvalue weighted by atomic mass is 35.5. The molecule has 0 fully saturated rings. The van der Waals surface area contributed by atoms with Crippen LogP contribution in [0, 0.1) is 0 Å². The quantitative estimate of drug-likeness (QED) is 0.464. The number of benzene rings is 2. The third-order valence-electron chi connectivity index (χ3n) is 5.00. The van der Waals surface area contributed by atoms with Gasteiger partial charge in [0.2, 0.25) is 0 Å². The van der Waals surface area contributed by atoms with Gasteiger partial charge < -0.3 is 19.9 Å². The largest absolute Gasteiger partial charge is 0.481 e. The lowest BCUT2D eigenvalue weighted by Gasteiger charge is -2.15. The molecule has 0 saturated heterocycles. The second-order valence-corrected chi connectivity index (χ2v) is 8.10. The first-order chi connectivity index (χ1) is 14.3. The molecule has 3 N–H and O–H groups in total. The molecule has 3 rings (SSSR count). The van der Waals surface area contributed by atoms with Gasteiger partial charge in [-0.1, -0.05) is 48.0 Å². The maximum Gasteiger partial charge on any atom is 0.305 e. The molecule has 0 amide bonds. The lowest BCUT2D eigenvalue weighted by Crippen LogP contribution is -2.19. The van der Waals surface area contributed by atoms with Gasteiger partial charge in [-0.05, 0) is 43.7 Å². The number of fused-ring (bicyclic) bond motifs is 1. The van der Waals surface area contributed by atoms with Crippen LogP contribution in [0.4, 0.5) is 0 Å². The first kappa shape index (κ1) is 22.1. The van der Waals surface area contributed by atoms with Crippen LogP contribution in [0.25, 0.3) is 28.1 Å². The molecule has 1 heterocycles. The van der Waals surface area contributed by atoms with Crippen LogP contribution in [-0.4, -0.2) is 38.1 Å². The Hall–Kier alpha value is -2.60. The van der Waals surface area contributed by atoms with Gasteiger partial charge in [-0.3, -0.25) is 4.79 Å². The van der Waals surface area contributed by atoms with Crippen molar-refractivity contribution in [1.82, 2.24) is 4.57 Å². The summed E-state index contributed by atoms with van der Waals surface area (Å²) < 4.78 is 2.20. The Balaban J connectivity index is 2.08. The molecule has 5 nitrogen and oxygen atoms in total. The molecular formula is C24H26ClNO4. The van der Waals surface area contributed by atoms with E-state index in [4.69, 9.17) is 16.7 Å². The van der Waals surface area contributed by atoms with Crippen LogP contribution in [0.15, 0.2) is 54.6 Å². The number of aliphatic hydroxyl groups is 2. The smallest absolute Gasteiger partial charge is 0.305 e. The van der Waals surface area contributed by atoms with E-state index < -0.39 is 24.6 Å². The molecule has 0 unspecified atom stereocenters. The molecule has 0 aliphatic heterocycles. The Morgan fingerprint density at radius 2 is 1.77 bits per heavy atom. The minimum atomic E-state index is -1.10. The van der Waals surface area contributed by atoms with Crippen LogP contribution in [-0.2, 0) is 4.79 Å². The Kier molecular flexibility index (Phi) is 6.98. The topological polar surface area (TPSA) is 82.7 Å². The molecule has 0 aliphatic rings. The predicted molar refractivity (Wildman–Crippen MR) is 121 cm³/mol. The van der Waals surface area contributed by atoms with E-state index in [2.05, 4.69) is 30.5 Å². The van der Waals surface area contributed by atoms with Crippen molar-refractivity contribution in [2.45, 2.75) is 44.9 Å². The Morgan fingerprint density at radius 3 is 2.40 bits per heavy atom. The zero-order valence-corrected chi connectivity index (χ0v) is 17.8. The molecule has 0 radical (unpaired) electrons. The van der Waals surface area contributed by atoms with Gasteiger partial charge in [-0.25, -0.2) is 0 Å². The van der Waals surface area contributed by atoms with Gasteiger partial charge in [-0.15, -0.1) is 0 Å². The maximum absolute atomic E-state index is 10.7. The number of carboxylic acids is 1. The van der Waals surface area contributed by atoms with E-state index in [-0.39, 0.29) is 12.5 Å². The number of aromatic nitrogens is 1. The highest BCUT2D eigenvalue weighted by Gasteiger charge is 2.19. The summed E-state index contributed by atoms with van der Waals surface area (Å²) >= 11 is 6.08. The van der Waals surface area contributed by atoms with E-state index in [0.29, 0.717) is 5.02 Å². The lowest BCUT2D eigenvalue weighted by atomic mass is 10.0. The van der Waals surface area contributed by atoms with Crippen molar-refractivity contribution in [3.05, 3.63) is 65.3 Å². The normalized spacial score (nSPS) is 13.9. The summed E-state index contributed by atoms with van der Waals surface area (Å²) in [4.78, 5) is 10.7. The molecule has 3 aromatic rings. The lowest BCUT2D eigenvalue weighted by molar-refractivity contribution is -0.139. The molecule has 0 spiro atoms. The Labute approximate surface area is 180 Å². The van der Waals surface area contributed by atoms with Gasteiger partial charge in [0.15, 0.2) is 0 Å². The van der Waals surface area contributed by atoms with Crippen molar-refractivity contribution in [3.63, 3.8) is 0 Å². The summed E-state index contributed by atoms with van der Waals surface area (Å²) in [5, 5.41) is 30.7. The molecule has 0 bridgehead atoms. The van der Waals surface area contributed by atoms with Gasteiger partial charge in [0.1, 0.15) is 0 Å². The SMILES string of the molecule is CC(C)n1c(/C=C/[C@@H](O)C[C@@H](O)CC(=O)O)c(-c2ccc(Cl)cc2)c2ccccc21. The third kappa shape index (κ3) is 4.93. The van der Waals surface area contributed by atoms with E-state index in [0.717, 1.165) is 27.7 Å². The fraction of sp³-hybridized carbons (Fsp3) is 0.292. The van der Waals surface area contributed by atoms with Gasteiger partial charge in [0, 0.05) is 39.6 Å². The average molecular weight is 428 g/mol. The number of carboxylic acid groups (broad SMARTS) is 1. The second-order valence-electron chi connectivity index (χ2n) is 7.66. The molecule has 1 aromatic heterocycles. The molecule has 0 saturated carbocycles. The van der Waals surface area contributed by atoms with Crippen molar-refractivity contribution in [1.29, 1.82) is 0 Å². The first-order valence-electron chi connectivity index (χ1n) is 9.93. The summed E-state index contributed by atoms with van der Waals surface area (Å²) in [5.74, 6) is -1.09. The van der Waals surface area contributed by atoms with Crippen molar-refractivity contribution in [3.8, 4) is 11.1 Å². The fourth-order valence-corrected chi connectivity index (χ4v) is 3.89. The number of halogens is 1. The maximum atomic E-state index is 10.7. The van der Waals surface area contributed by atoms with E-state index >= 15 is 0 Å². The van der Waals surface area contributed by atoms with Crippen molar-refractivity contribution in [2.24, 2.45) is 0 Å². The molecule has 30 heavy (non-hydrogen) atoms. The fourth-order valence-electron chi connectivity index (χ4n) is 3.77. The number of nitrogens with zero attached hydrogens (tertiary/aromatic N) is 1. The van der Waals surface area contributed by atoms with Gasteiger partial charge in [-0.2, -0.15) is 0 Å². The highest BCUT2D eigenvalue weighted by molar-refractivity contribution is 6.30. The van der Waals surface area contributed by atoms with Crippen LogP contribution in [0.2, 0.25) is 5.02 Å². The minimum absolute atomic E-state index is 0.0407. The monoisotopic (exact) mass is 427 g/mol. The number of rotatable bonds is 8. The Morgan fingerprint density at radius 1 is 1.10 bits per heavy atom. The average Bonchev–Trinajstić information content (AvgIpc) is 3.00. The molecular weight excluding hydrogens is 402 g/mol. The van der Waals surface area contributed by atoms with Gasteiger partial charge >= 0.3 is 5.97 Å². The zero-order chi connectivity index (χ0) is 21.8. The van der Waals surface area contributed by atoms with E-state index in [1.54, 1.807) is 6.08 Å². The number of hydrogen-bond donors (Lipinski definition) is 3. The van der Waals surface area contributed by atoms with Crippen LogP contribution in [0.5, 0.6) is 0 Å². The number of aliphatic carboxylic acids is 1. The number of carbonyl (C=O) groups is 1. The third-order valence-corrected chi connectivity index (χ3v) is 5.25. The summed E-state index contributed by atoms with van der Waals surface area (Å²) in [6.07, 6.45) is 0.957. The summed E-state index contributed by atoms with van der Waals surface area (Å²) in [6.45, 7) is 4.20. The number of hydrogen-bond acceptors (Lipinski definition) is 3. The van der Waals surface area contributed by atoms with Crippen LogP contribution < -0.4 is 0 Å². The predicted octanol–water partition coefficient (Wildman–Crippen LogP) is 5.14. The molecule has 158 valence electrons. The molecule has 2 atom stereocenters. The van der Waals surface area contributed by atoms with Crippen LogP contribution in [0.3, 0.4) is 0 Å². The van der Waals surface area contributed by atoms with Gasteiger partial charge in [0.25, 0.3) is 0 Å². The van der Waals surface area contributed by atoms with Crippen molar-refractivity contribution in [2.75, 3.05) is 0 Å². The number of aliphatic hydroxyl groups excluding tert-OH is 2. The van der Waals surface area contributed by atoms with Gasteiger partial charge in [0.05, 0.1) is 18.6 Å². The molecule has 0 aliphatic carbocycles. The molecule has 6 heteroatoms. The second kappa shape index (κ2) is 9.47. The summed E-state index contributed by atoms with van der Waals surface area (Å²) in [6, 6.07) is 15.9. The van der Waals surface area contributed by atoms with E-state index in [9.17, 15) is 15.0 Å². The minimum Gasteiger partial charge on any atom is -0.481 e. The highest BCUT2D eigenvalue weighted by Crippen LogP contribution is 2.38. The molecule has 2 aromatic carbocycles. The Bertz CT molecular complexity index is 1050. The van der Waals surface area contributed by atoms with E-state index in [1.165, 1.54) is 0 Å². The zero-order valence-electron chi connectivity index (χ0n) is 17.0. The van der Waals surface area contributed by atoms with Crippen LogP contribution >= 0.6 is 11.6 Å². The van der Waals surface area contributed by atoms with Crippen molar-refractivity contribution >= 4 is 34.5 Å². The van der Waals surface area contributed by atoms with E-state index in [1.807, 2.05) is 42.5 Å². The van der Waals surface area contributed by atoms with Crippen LogP contribution in [0.1, 0.15) is 38.4 Å². The first-order valence-corrected chi connectivity index (χ1v) is 10.3. The number of para-hydroxylation sites is 1. The standard InChI is InChI=1S/C24H26ClNO4/c1-15(2)26-21-6-4-3-5-20(21)24(16-7-9-17(25)10-8-16)22(26)12-11-18(27)13-19(28)14-23(29)30/h3-12,15,18-19,27-28H,13-14H2,1-2H3,(H,29,30)/b12-11+/t18-,19-/m1/s1. The summed E-state index contributed by atoms with van der Waals surface area (Å²) in [5.41, 5.74) is 4.05.